The first kappa shape index (κ1) is 27.3. The van der Waals surface area contributed by atoms with Gasteiger partial charge < -0.3 is 4.40 Å². The summed E-state index contributed by atoms with van der Waals surface area (Å²) in [7, 11) is 0. The molecule has 0 amide bonds. The van der Waals surface area contributed by atoms with Crippen molar-refractivity contribution < 1.29 is 13.2 Å². The molecule has 0 atom stereocenters. The van der Waals surface area contributed by atoms with Crippen LogP contribution in [0.2, 0.25) is 0 Å². The Morgan fingerprint density at radius 1 is 0.667 bits per heavy atom. The monoisotopic (exact) mass is 844 g/mol. The molecule has 0 aromatic carbocycles. The molecule has 0 spiro atoms. The maximum Gasteiger partial charge on any atom is 0.417 e. The maximum absolute atomic E-state index is 12.3. The molecule has 0 saturated heterocycles. The highest BCUT2D eigenvalue weighted by Crippen LogP contribution is 2.29. The van der Waals surface area contributed by atoms with Gasteiger partial charge in [0.1, 0.15) is 24.3 Å². The average molecular weight is 846 g/mol. The molecule has 0 fully saturated rings. The summed E-state index contributed by atoms with van der Waals surface area (Å²) in [4.78, 5) is 12.3. The van der Waals surface area contributed by atoms with Crippen molar-refractivity contribution in [3.8, 4) is 0 Å². The summed E-state index contributed by atoms with van der Waals surface area (Å²) in [5.41, 5.74) is 2.98. The third-order valence-corrected chi connectivity index (χ3v) is 7.40. The van der Waals surface area contributed by atoms with Gasteiger partial charge in [-0.25, -0.2) is 15.0 Å². The topological polar surface area (TPSA) is 51.9 Å². The average Bonchev–Trinajstić information content (AvgIpc) is 3.51. The molecule has 0 radical (unpaired) electrons. The van der Waals surface area contributed by atoms with Crippen molar-refractivity contribution in [3.63, 3.8) is 0 Å². The van der Waals surface area contributed by atoms with Crippen molar-refractivity contribution >= 4 is 94.0 Å². The van der Waals surface area contributed by atoms with Crippen LogP contribution in [-0.4, -0.2) is 28.2 Å². The summed E-state index contributed by atoms with van der Waals surface area (Å²) in [5, 5.41) is 0. The van der Waals surface area contributed by atoms with Crippen LogP contribution in [0.25, 0.3) is 16.9 Å². The minimum atomic E-state index is -4.30. The van der Waals surface area contributed by atoms with Crippen LogP contribution in [0, 0.1) is 14.3 Å². The normalized spacial score (nSPS) is 11.3. The van der Waals surface area contributed by atoms with E-state index in [1.807, 2.05) is 87.4 Å². The summed E-state index contributed by atoms with van der Waals surface area (Å²) in [6, 6.07) is 10.3. The number of rotatable bonds is 0. The van der Waals surface area contributed by atoms with E-state index in [4.69, 9.17) is 0 Å². The van der Waals surface area contributed by atoms with Gasteiger partial charge in [0.2, 0.25) is 0 Å². The number of pyridine rings is 3. The standard InChI is InChI=1S/C8H7BrN2.C8H4F3IN2.C7H4BrIN2/c1-6-4-10-8-3-2-7(9)5-11(6)8;9-8(10,11)5-1-2-7-13-3-6(12)14(7)4-5;8-5-1-2-7-10-3-6(9)11(7)4-5/h2-5H,1H3;1-4H;1-4H. The zero-order valence-electron chi connectivity index (χ0n) is 18.3. The predicted octanol–water partition coefficient (Wildman–Crippen LogP) is 8.06. The van der Waals surface area contributed by atoms with Gasteiger partial charge in [0.05, 0.1) is 18.0 Å². The van der Waals surface area contributed by atoms with Crippen LogP contribution in [0.3, 0.4) is 0 Å². The van der Waals surface area contributed by atoms with E-state index >= 15 is 0 Å². The molecule has 0 aliphatic carbocycles. The van der Waals surface area contributed by atoms with Gasteiger partial charge in [-0.3, -0.25) is 8.80 Å². The van der Waals surface area contributed by atoms with E-state index in [1.54, 1.807) is 0 Å². The first-order chi connectivity index (χ1) is 17.0. The van der Waals surface area contributed by atoms with E-state index < -0.39 is 11.7 Å². The Labute approximate surface area is 247 Å². The van der Waals surface area contributed by atoms with Gasteiger partial charge in [0.25, 0.3) is 0 Å². The Balaban J connectivity index is 0.000000128. The second-order valence-corrected chi connectivity index (χ2v) is 11.4. The number of nitrogens with zero attached hydrogens (tertiary/aromatic N) is 6. The smallest absolute Gasteiger partial charge is 0.303 e. The summed E-state index contributed by atoms with van der Waals surface area (Å²) in [5.74, 6) is 0. The van der Waals surface area contributed by atoms with Crippen LogP contribution in [-0.2, 0) is 6.18 Å². The number of hydrogen-bond acceptors (Lipinski definition) is 3. The van der Waals surface area contributed by atoms with E-state index in [-0.39, 0.29) is 0 Å². The van der Waals surface area contributed by atoms with Crippen molar-refractivity contribution in [3.05, 3.63) is 101 Å². The molecule has 0 N–H and O–H groups in total. The third-order valence-electron chi connectivity index (χ3n) is 4.87. The maximum atomic E-state index is 12.3. The van der Waals surface area contributed by atoms with Gasteiger partial charge in [-0.05, 0) is 120 Å². The summed E-state index contributed by atoms with van der Waals surface area (Å²) < 4.78 is 46.4. The molecule has 0 bridgehead atoms. The quantitative estimate of drug-likeness (QED) is 0.146. The molecule has 0 aliphatic rings. The molecule has 6 aromatic rings. The fourth-order valence-electron chi connectivity index (χ4n) is 3.12. The molecular weight excluding hydrogens is 831 g/mol. The van der Waals surface area contributed by atoms with Crippen LogP contribution in [0.1, 0.15) is 11.3 Å². The van der Waals surface area contributed by atoms with Crippen molar-refractivity contribution in [1.82, 2.24) is 28.2 Å². The Kier molecular flexibility index (Phi) is 8.61. The molecule has 186 valence electrons. The third kappa shape index (κ3) is 6.39. The molecule has 6 heterocycles. The van der Waals surface area contributed by atoms with Gasteiger partial charge in [-0.2, -0.15) is 13.2 Å². The molecule has 6 rings (SSSR count). The number of imidazole rings is 3. The molecule has 0 saturated carbocycles. The number of aryl methyl sites for hydroxylation is 1. The lowest BCUT2D eigenvalue weighted by Crippen LogP contribution is -2.06. The SMILES string of the molecule is Brc1ccc2ncc(I)n2c1.Cc1cnc2ccc(Br)cn12.FC(F)(F)c1ccc2ncc(I)n2c1. The highest BCUT2D eigenvalue weighted by Gasteiger charge is 2.30. The van der Waals surface area contributed by atoms with Crippen LogP contribution in [0.15, 0.2) is 82.5 Å². The number of fused-ring (bicyclic) bond motifs is 3. The number of hydrogen-bond donors (Lipinski definition) is 0. The van der Waals surface area contributed by atoms with Gasteiger partial charge in [0.15, 0.2) is 0 Å². The second kappa shape index (κ2) is 11.3. The Morgan fingerprint density at radius 3 is 1.67 bits per heavy atom. The number of aromatic nitrogens is 6. The van der Waals surface area contributed by atoms with Crippen molar-refractivity contribution in [2.45, 2.75) is 13.1 Å². The minimum absolute atomic E-state index is 0.516. The number of alkyl halides is 3. The lowest BCUT2D eigenvalue weighted by molar-refractivity contribution is -0.137. The zero-order valence-corrected chi connectivity index (χ0v) is 25.7. The van der Waals surface area contributed by atoms with E-state index in [1.165, 1.54) is 16.7 Å². The molecule has 0 aliphatic heterocycles. The van der Waals surface area contributed by atoms with Crippen LogP contribution in [0.5, 0.6) is 0 Å². The molecule has 36 heavy (non-hydrogen) atoms. The highest BCUT2D eigenvalue weighted by molar-refractivity contribution is 14.1. The Hall–Kier alpha value is -1.72. The molecule has 0 unspecified atom stereocenters. The van der Waals surface area contributed by atoms with Crippen molar-refractivity contribution in [2.75, 3.05) is 0 Å². The van der Waals surface area contributed by atoms with E-state index in [2.05, 4.69) is 69.4 Å². The van der Waals surface area contributed by atoms with Gasteiger partial charge >= 0.3 is 6.18 Å². The Morgan fingerprint density at radius 2 is 1.11 bits per heavy atom. The Bertz CT molecular complexity index is 1580. The molecule has 6 aromatic heterocycles. The summed E-state index contributed by atoms with van der Waals surface area (Å²) in [6.07, 6.45) is 5.99. The fourth-order valence-corrected chi connectivity index (χ4v) is 4.84. The van der Waals surface area contributed by atoms with Gasteiger partial charge in [0, 0.05) is 39.4 Å². The second-order valence-electron chi connectivity index (χ2n) is 7.36. The molecule has 6 nitrogen and oxygen atoms in total. The van der Waals surface area contributed by atoms with Crippen LogP contribution in [0.4, 0.5) is 13.2 Å². The zero-order chi connectivity index (χ0) is 26.0. The van der Waals surface area contributed by atoms with Crippen molar-refractivity contribution in [2.24, 2.45) is 0 Å². The highest BCUT2D eigenvalue weighted by atomic mass is 127. The van der Waals surface area contributed by atoms with Gasteiger partial charge in [-0.1, -0.05) is 0 Å². The van der Waals surface area contributed by atoms with E-state index in [9.17, 15) is 13.2 Å². The molecular formula is C23H15Br2F3I2N6. The summed E-state index contributed by atoms with van der Waals surface area (Å²) >= 11 is 11.0. The largest absolute Gasteiger partial charge is 0.417 e. The van der Waals surface area contributed by atoms with Crippen molar-refractivity contribution in [1.29, 1.82) is 0 Å². The first-order valence-electron chi connectivity index (χ1n) is 10.1. The molecule has 13 heteroatoms. The minimum Gasteiger partial charge on any atom is -0.303 e. The predicted molar refractivity (Wildman–Crippen MR) is 156 cm³/mol. The van der Waals surface area contributed by atoms with Crippen LogP contribution >= 0.6 is 77.0 Å². The lowest BCUT2D eigenvalue weighted by Gasteiger charge is -2.06. The van der Waals surface area contributed by atoms with E-state index in [0.29, 0.717) is 9.35 Å². The number of halogens is 7. The first-order valence-corrected chi connectivity index (χ1v) is 13.8. The lowest BCUT2D eigenvalue weighted by atomic mass is 10.3. The fraction of sp³-hybridized carbons (Fsp3) is 0.0870. The van der Waals surface area contributed by atoms with Crippen LogP contribution < -0.4 is 0 Å². The van der Waals surface area contributed by atoms with Gasteiger partial charge in [-0.15, -0.1) is 0 Å². The summed E-state index contributed by atoms with van der Waals surface area (Å²) in [6.45, 7) is 2.03. The van der Waals surface area contributed by atoms with E-state index in [0.717, 1.165) is 41.9 Å².